The number of nitriles is 1. The summed E-state index contributed by atoms with van der Waals surface area (Å²) in [6.07, 6.45) is 0. The third kappa shape index (κ3) is 3.71. The van der Waals surface area contributed by atoms with E-state index in [9.17, 15) is 5.26 Å². The number of allylic oxidation sites excluding steroid dienone is 1. The van der Waals surface area contributed by atoms with Crippen LogP contribution in [-0.2, 0) is 6.61 Å². The van der Waals surface area contributed by atoms with Crippen LogP contribution >= 0.6 is 11.6 Å². The van der Waals surface area contributed by atoms with Crippen molar-refractivity contribution in [3.8, 4) is 23.4 Å². The fourth-order valence-corrected chi connectivity index (χ4v) is 4.07. The molecule has 0 spiro atoms. The predicted octanol–water partition coefficient (Wildman–Crippen LogP) is 5.22. The van der Waals surface area contributed by atoms with E-state index in [-0.39, 0.29) is 18.1 Å². The van der Waals surface area contributed by atoms with Crippen molar-refractivity contribution >= 4 is 11.6 Å². The van der Waals surface area contributed by atoms with Crippen LogP contribution < -0.4 is 15.2 Å². The van der Waals surface area contributed by atoms with Gasteiger partial charge >= 0.3 is 0 Å². The molecular formula is C25H19ClN4O3. The Hall–Kier alpha value is -4.15. The van der Waals surface area contributed by atoms with Gasteiger partial charge in [0.2, 0.25) is 11.8 Å². The molecule has 4 aromatic rings. The van der Waals surface area contributed by atoms with Crippen molar-refractivity contribution in [2.45, 2.75) is 19.4 Å². The quantitative estimate of drug-likeness (QED) is 0.440. The molecule has 8 heteroatoms. The number of hydrogen-bond acceptors (Lipinski definition) is 6. The highest BCUT2D eigenvalue weighted by molar-refractivity contribution is 6.32. The molecule has 1 atom stereocenters. The van der Waals surface area contributed by atoms with E-state index in [1.807, 2.05) is 61.5 Å². The second-order valence-corrected chi connectivity index (χ2v) is 7.91. The number of nitrogens with zero attached hydrogens (tertiary/aromatic N) is 3. The minimum Gasteiger partial charge on any atom is -0.484 e. The van der Waals surface area contributed by atoms with Gasteiger partial charge in [-0.3, -0.25) is 0 Å². The minimum atomic E-state index is -0.551. The summed E-state index contributed by atoms with van der Waals surface area (Å²) in [6.45, 7) is 2.05. The van der Waals surface area contributed by atoms with Gasteiger partial charge in [0.25, 0.3) is 0 Å². The Kier molecular flexibility index (Phi) is 5.29. The van der Waals surface area contributed by atoms with E-state index in [1.165, 1.54) is 0 Å². The van der Waals surface area contributed by atoms with Crippen molar-refractivity contribution in [3.63, 3.8) is 0 Å². The number of ether oxygens (including phenoxy) is 2. The molecule has 0 fully saturated rings. The molecular weight excluding hydrogens is 440 g/mol. The zero-order valence-electron chi connectivity index (χ0n) is 17.7. The van der Waals surface area contributed by atoms with Crippen molar-refractivity contribution in [1.82, 2.24) is 9.78 Å². The average molecular weight is 459 g/mol. The van der Waals surface area contributed by atoms with Gasteiger partial charge in [-0.25, -0.2) is 4.68 Å². The highest BCUT2D eigenvalue weighted by atomic mass is 35.5. The molecule has 3 heterocycles. The van der Waals surface area contributed by atoms with Crippen LogP contribution in [0.15, 0.2) is 82.6 Å². The van der Waals surface area contributed by atoms with E-state index in [0.29, 0.717) is 33.9 Å². The van der Waals surface area contributed by atoms with Crippen molar-refractivity contribution in [2.24, 2.45) is 5.73 Å². The number of benzene rings is 2. The van der Waals surface area contributed by atoms with Gasteiger partial charge in [-0.1, -0.05) is 41.9 Å². The first-order valence-corrected chi connectivity index (χ1v) is 10.6. The van der Waals surface area contributed by atoms with Crippen LogP contribution in [0.2, 0.25) is 5.02 Å². The number of rotatable bonds is 5. The maximum absolute atomic E-state index is 9.85. The van der Waals surface area contributed by atoms with E-state index in [2.05, 4.69) is 11.2 Å². The van der Waals surface area contributed by atoms with Crippen LogP contribution in [0.5, 0.6) is 11.6 Å². The zero-order chi connectivity index (χ0) is 22.9. The molecule has 5 rings (SSSR count). The van der Waals surface area contributed by atoms with Gasteiger partial charge < -0.3 is 19.6 Å². The Morgan fingerprint density at radius 3 is 2.64 bits per heavy atom. The van der Waals surface area contributed by atoms with E-state index < -0.39 is 5.92 Å². The monoisotopic (exact) mass is 458 g/mol. The van der Waals surface area contributed by atoms with Crippen molar-refractivity contribution in [3.05, 3.63) is 106 Å². The number of fused-ring (bicyclic) bond motifs is 1. The highest BCUT2D eigenvalue weighted by Crippen LogP contribution is 2.45. The molecule has 2 aromatic carbocycles. The number of halogens is 1. The normalized spacial score (nSPS) is 15.0. The minimum absolute atomic E-state index is 0.0253. The van der Waals surface area contributed by atoms with Crippen molar-refractivity contribution in [1.29, 1.82) is 5.26 Å². The third-order valence-corrected chi connectivity index (χ3v) is 5.72. The number of hydrogen-bond donors (Lipinski definition) is 1. The van der Waals surface area contributed by atoms with E-state index >= 15 is 0 Å². The van der Waals surface area contributed by atoms with Gasteiger partial charge in [-0.15, -0.1) is 0 Å². The SMILES string of the molecule is Cc1nn(-c2ccccc2)c2c1C(c1ccc(COc3ccccc3Cl)o1)C(C#N)=C(N)O2. The zero-order valence-corrected chi connectivity index (χ0v) is 18.4. The molecule has 33 heavy (non-hydrogen) atoms. The van der Waals surface area contributed by atoms with Gasteiger partial charge in [-0.2, -0.15) is 10.4 Å². The third-order valence-electron chi connectivity index (χ3n) is 5.41. The van der Waals surface area contributed by atoms with Crippen LogP contribution in [0.1, 0.15) is 28.7 Å². The van der Waals surface area contributed by atoms with Gasteiger partial charge in [0.15, 0.2) is 0 Å². The van der Waals surface area contributed by atoms with Crippen molar-refractivity contribution < 1.29 is 13.9 Å². The van der Waals surface area contributed by atoms with Crippen LogP contribution in [0.3, 0.4) is 0 Å². The number of furan rings is 1. The Morgan fingerprint density at radius 2 is 1.88 bits per heavy atom. The van der Waals surface area contributed by atoms with E-state index in [0.717, 1.165) is 11.3 Å². The largest absolute Gasteiger partial charge is 0.484 e. The van der Waals surface area contributed by atoms with Crippen LogP contribution in [0.25, 0.3) is 5.69 Å². The van der Waals surface area contributed by atoms with Crippen LogP contribution in [-0.4, -0.2) is 9.78 Å². The van der Waals surface area contributed by atoms with E-state index in [4.69, 9.17) is 31.2 Å². The van der Waals surface area contributed by atoms with Crippen LogP contribution in [0, 0.1) is 18.3 Å². The molecule has 0 radical (unpaired) electrons. The first-order chi connectivity index (χ1) is 16.1. The highest BCUT2D eigenvalue weighted by Gasteiger charge is 2.38. The molecule has 164 valence electrons. The lowest BCUT2D eigenvalue weighted by Gasteiger charge is -2.23. The standard InChI is InChI=1S/C25H19ClN4O3/c1-15-22-23(21-12-11-17(32-21)14-31-20-10-6-5-9-19(20)26)18(13-27)24(28)33-25(22)30(29-15)16-7-3-2-4-8-16/h2-12,23H,14,28H2,1H3. The molecule has 1 unspecified atom stereocenters. The lowest BCUT2D eigenvalue weighted by Crippen LogP contribution is -2.21. The fraction of sp³-hybridized carbons (Fsp3) is 0.120. The lowest BCUT2D eigenvalue weighted by atomic mass is 9.88. The van der Waals surface area contributed by atoms with Crippen molar-refractivity contribution in [2.75, 3.05) is 0 Å². The molecule has 7 nitrogen and oxygen atoms in total. The van der Waals surface area contributed by atoms with Gasteiger partial charge in [0, 0.05) is 0 Å². The van der Waals surface area contributed by atoms with Gasteiger partial charge in [-0.05, 0) is 43.3 Å². The number of nitrogens with two attached hydrogens (primary N) is 1. The topological polar surface area (TPSA) is 99.2 Å². The molecule has 0 amide bonds. The smallest absolute Gasteiger partial charge is 0.229 e. The molecule has 0 saturated carbocycles. The van der Waals surface area contributed by atoms with Gasteiger partial charge in [0.05, 0.1) is 27.9 Å². The summed E-state index contributed by atoms with van der Waals surface area (Å²) in [6, 6.07) is 22.6. The van der Waals surface area contributed by atoms with Crippen LogP contribution in [0.4, 0.5) is 0 Å². The summed E-state index contributed by atoms with van der Waals surface area (Å²) in [7, 11) is 0. The molecule has 2 aromatic heterocycles. The molecule has 0 saturated heterocycles. The summed E-state index contributed by atoms with van der Waals surface area (Å²) in [5.41, 5.74) is 8.70. The number of aromatic nitrogens is 2. The Morgan fingerprint density at radius 1 is 1.12 bits per heavy atom. The Balaban J connectivity index is 1.52. The molecule has 1 aliphatic heterocycles. The second kappa shape index (κ2) is 8.41. The predicted molar refractivity (Wildman–Crippen MR) is 122 cm³/mol. The summed E-state index contributed by atoms with van der Waals surface area (Å²) in [4.78, 5) is 0. The number of para-hydroxylation sites is 2. The summed E-state index contributed by atoms with van der Waals surface area (Å²) in [5, 5.41) is 15.0. The molecule has 0 aliphatic carbocycles. The number of aryl methyl sites for hydroxylation is 1. The van der Waals surface area contributed by atoms with E-state index in [1.54, 1.807) is 16.8 Å². The molecule has 2 N–H and O–H groups in total. The summed E-state index contributed by atoms with van der Waals surface area (Å²) in [5.74, 6) is 1.63. The average Bonchev–Trinajstić information content (AvgIpc) is 3.43. The molecule has 0 bridgehead atoms. The Bertz CT molecular complexity index is 1400. The first kappa shape index (κ1) is 20.7. The fourth-order valence-electron chi connectivity index (χ4n) is 3.88. The second-order valence-electron chi connectivity index (χ2n) is 7.50. The first-order valence-electron chi connectivity index (χ1n) is 10.2. The maximum atomic E-state index is 9.85. The summed E-state index contributed by atoms with van der Waals surface area (Å²) >= 11 is 6.16. The summed E-state index contributed by atoms with van der Waals surface area (Å²) < 4.78 is 19.4. The van der Waals surface area contributed by atoms with Gasteiger partial charge in [0.1, 0.15) is 35.5 Å². The Labute approximate surface area is 195 Å². The maximum Gasteiger partial charge on any atom is 0.229 e. The molecule has 1 aliphatic rings. The lowest BCUT2D eigenvalue weighted by molar-refractivity contribution is 0.264.